The lowest BCUT2D eigenvalue weighted by molar-refractivity contribution is -0.140. The van der Waals surface area contributed by atoms with Crippen molar-refractivity contribution < 1.29 is 14.4 Å². The number of rotatable bonds is 6. The Labute approximate surface area is 275 Å². The largest absolute Gasteiger partial charge is 0.352 e. The van der Waals surface area contributed by atoms with Crippen LogP contribution < -0.4 is 16.4 Å². The molecule has 5 rings (SSSR count). The predicted octanol–water partition coefficient (Wildman–Crippen LogP) is 6.37. The number of likely N-dealkylation sites (tertiary alicyclic amines) is 1. The minimum absolute atomic E-state index is 0.0121. The van der Waals surface area contributed by atoms with Crippen LogP contribution in [0.2, 0.25) is 5.02 Å². The summed E-state index contributed by atoms with van der Waals surface area (Å²) in [7, 11) is 0. The van der Waals surface area contributed by atoms with E-state index in [1.807, 2.05) is 74.2 Å². The van der Waals surface area contributed by atoms with E-state index in [1.165, 1.54) is 39.0 Å². The van der Waals surface area contributed by atoms with Gasteiger partial charge in [0.25, 0.3) is 0 Å². The van der Waals surface area contributed by atoms with E-state index < -0.39 is 6.04 Å². The summed E-state index contributed by atoms with van der Waals surface area (Å²) in [4.78, 5) is 39.7. The zero-order chi connectivity index (χ0) is 32.8. The van der Waals surface area contributed by atoms with Gasteiger partial charge in [0.1, 0.15) is 6.04 Å². The van der Waals surface area contributed by atoms with Gasteiger partial charge >= 0.3 is 0 Å². The van der Waals surface area contributed by atoms with Crippen LogP contribution in [0.4, 0.5) is 0 Å². The highest BCUT2D eigenvalue weighted by Crippen LogP contribution is 2.45. The van der Waals surface area contributed by atoms with Crippen molar-refractivity contribution in [2.24, 2.45) is 23.0 Å². The number of carbonyl (C=O) groups excluding carboxylic acids is 3. The van der Waals surface area contributed by atoms with Gasteiger partial charge in [-0.05, 0) is 93.0 Å². The lowest BCUT2D eigenvalue weighted by Gasteiger charge is -2.46. The summed E-state index contributed by atoms with van der Waals surface area (Å²) in [6.07, 6.45) is 9.80. The van der Waals surface area contributed by atoms with Gasteiger partial charge in [-0.25, -0.2) is 0 Å². The quantitative estimate of drug-likeness (QED) is 0.343. The second-order valence-electron chi connectivity index (χ2n) is 14.7. The number of hydrogen-bond acceptors (Lipinski definition) is 4. The van der Waals surface area contributed by atoms with Crippen LogP contribution in [-0.4, -0.2) is 47.3 Å². The third kappa shape index (κ3) is 9.55. The summed E-state index contributed by atoms with van der Waals surface area (Å²) >= 11 is 6.10. The molecule has 0 aromatic heterocycles. The van der Waals surface area contributed by atoms with Crippen molar-refractivity contribution in [3.63, 3.8) is 0 Å². The molecule has 2 aliphatic carbocycles. The molecule has 2 aromatic rings. The Hall–Kier alpha value is -2.90. The number of amides is 3. The lowest BCUT2D eigenvalue weighted by atomic mass is 9.65. The van der Waals surface area contributed by atoms with E-state index in [1.54, 1.807) is 0 Å². The second-order valence-corrected chi connectivity index (χ2v) is 15.1. The average Bonchev–Trinajstić information content (AvgIpc) is 3.34. The molecule has 1 saturated heterocycles. The normalized spacial score (nSPS) is 22.0. The Morgan fingerprint density at radius 3 is 2.18 bits per heavy atom. The first-order valence-electron chi connectivity index (χ1n) is 16.7. The molecule has 4 N–H and O–H groups in total. The fourth-order valence-corrected chi connectivity index (χ4v) is 7.54. The van der Waals surface area contributed by atoms with Crippen molar-refractivity contribution in [2.45, 2.75) is 110 Å². The molecule has 2 aromatic carbocycles. The SMILES string of the molecule is CC(=O)NC(C)(C)C.CC1(C2CCCCC2)CCN(C(=O)C(Cc2ccc(Cl)cc2)NC(=O)C2Cc3ccccc3C2N)CC1. The van der Waals surface area contributed by atoms with E-state index in [0.29, 0.717) is 23.3 Å². The number of carbonyl (C=O) groups is 3. The van der Waals surface area contributed by atoms with Crippen LogP contribution in [0, 0.1) is 17.3 Å². The van der Waals surface area contributed by atoms with Crippen molar-refractivity contribution in [3.05, 3.63) is 70.2 Å². The summed E-state index contributed by atoms with van der Waals surface area (Å²) in [5.41, 5.74) is 9.85. The highest BCUT2D eigenvalue weighted by Gasteiger charge is 2.41. The highest BCUT2D eigenvalue weighted by molar-refractivity contribution is 6.30. The molecule has 3 unspecified atom stereocenters. The van der Waals surface area contributed by atoms with Crippen molar-refractivity contribution in [1.82, 2.24) is 15.5 Å². The molecular formula is C37H53ClN4O3. The van der Waals surface area contributed by atoms with Gasteiger partial charge < -0.3 is 21.3 Å². The van der Waals surface area contributed by atoms with Gasteiger partial charge in [-0.15, -0.1) is 0 Å². The standard InChI is InChI=1S/C31H40ClN3O2.C6H13NO/c1-31(23-8-3-2-4-9-23)15-17-35(18-16-31)30(37)27(19-21-11-13-24(32)14-12-21)34-29(36)26-20-22-7-5-6-10-25(22)28(26)33;1-5(8)7-6(2,3)4/h5-7,10-14,23,26-28H,2-4,8-9,15-20,33H2,1H3,(H,34,36);1-4H3,(H,7,8). The summed E-state index contributed by atoms with van der Waals surface area (Å²) in [6.45, 7) is 11.3. The number of halogens is 1. The maximum atomic E-state index is 13.9. The van der Waals surface area contributed by atoms with Gasteiger partial charge in [-0.2, -0.15) is 0 Å². The summed E-state index contributed by atoms with van der Waals surface area (Å²) in [5, 5.41) is 6.52. The minimum Gasteiger partial charge on any atom is -0.352 e. The zero-order valence-electron chi connectivity index (χ0n) is 27.8. The fourth-order valence-electron chi connectivity index (χ4n) is 7.41. The lowest BCUT2D eigenvalue weighted by Crippen LogP contribution is -2.54. The van der Waals surface area contributed by atoms with E-state index in [2.05, 4.69) is 17.6 Å². The fraction of sp³-hybridized carbons (Fsp3) is 0.595. The Bertz CT molecular complexity index is 1310. The second kappa shape index (κ2) is 15.1. The van der Waals surface area contributed by atoms with Gasteiger partial charge in [0.05, 0.1) is 5.92 Å². The van der Waals surface area contributed by atoms with Crippen molar-refractivity contribution in [3.8, 4) is 0 Å². The molecule has 2 fully saturated rings. The number of nitrogens with one attached hydrogen (secondary N) is 2. The van der Waals surface area contributed by atoms with Crippen molar-refractivity contribution in [2.75, 3.05) is 13.1 Å². The third-order valence-corrected chi connectivity index (χ3v) is 10.2. The summed E-state index contributed by atoms with van der Waals surface area (Å²) in [5.74, 6) is 0.304. The number of piperidine rings is 1. The average molecular weight is 637 g/mol. The topological polar surface area (TPSA) is 105 Å². The molecule has 7 nitrogen and oxygen atoms in total. The number of benzene rings is 2. The first kappa shape index (κ1) is 35.0. The highest BCUT2D eigenvalue weighted by atomic mass is 35.5. The van der Waals surface area contributed by atoms with Crippen LogP contribution in [0.25, 0.3) is 0 Å². The molecule has 0 radical (unpaired) electrons. The summed E-state index contributed by atoms with van der Waals surface area (Å²) < 4.78 is 0. The van der Waals surface area contributed by atoms with Crippen LogP contribution in [0.15, 0.2) is 48.5 Å². The number of hydrogen-bond donors (Lipinski definition) is 3. The Balaban J connectivity index is 0.000000510. The zero-order valence-corrected chi connectivity index (χ0v) is 28.6. The van der Waals surface area contributed by atoms with Gasteiger partial charge in [0.2, 0.25) is 17.7 Å². The third-order valence-electron chi connectivity index (χ3n) is 9.95. The molecule has 3 aliphatic rings. The number of nitrogens with zero attached hydrogens (tertiary/aromatic N) is 1. The Morgan fingerprint density at radius 1 is 1.00 bits per heavy atom. The smallest absolute Gasteiger partial charge is 0.245 e. The first-order chi connectivity index (χ1) is 21.3. The molecule has 0 bridgehead atoms. The van der Waals surface area contributed by atoms with Crippen molar-refractivity contribution >= 4 is 29.3 Å². The molecule has 1 aliphatic heterocycles. The van der Waals surface area contributed by atoms with Crippen LogP contribution in [0.1, 0.15) is 102 Å². The van der Waals surface area contributed by atoms with E-state index in [4.69, 9.17) is 17.3 Å². The van der Waals surface area contributed by atoms with E-state index in [9.17, 15) is 14.4 Å². The molecule has 246 valence electrons. The van der Waals surface area contributed by atoms with Crippen LogP contribution in [0.3, 0.4) is 0 Å². The monoisotopic (exact) mass is 636 g/mol. The maximum absolute atomic E-state index is 13.9. The van der Waals surface area contributed by atoms with E-state index >= 15 is 0 Å². The molecule has 1 saturated carbocycles. The molecular weight excluding hydrogens is 584 g/mol. The van der Waals surface area contributed by atoms with E-state index in [-0.39, 0.29) is 35.2 Å². The molecule has 1 heterocycles. The van der Waals surface area contributed by atoms with Gasteiger partial charge in [0.15, 0.2) is 0 Å². The number of fused-ring (bicyclic) bond motifs is 1. The first-order valence-corrected chi connectivity index (χ1v) is 17.1. The number of nitrogens with two attached hydrogens (primary N) is 1. The molecule has 0 spiro atoms. The molecule has 8 heteroatoms. The van der Waals surface area contributed by atoms with Gasteiger partial charge in [-0.3, -0.25) is 14.4 Å². The van der Waals surface area contributed by atoms with Gasteiger partial charge in [-0.1, -0.05) is 74.2 Å². The molecule has 3 atom stereocenters. The minimum atomic E-state index is -0.622. The van der Waals surface area contributed by atoms with Gasteiger partial charge in [0, 0.05) is 43.0 Å². The van der Waals surface area contributed by atoms with Crippen LogP contribution >= 0.6 is 11.6 Å². The van der Waals surface area contributed by atoms with Crippen LogP contribution in [-0.2, 0) is 27.2 Å². The Morgan fingerprint density at radius 2 is 1.62 bits per heavy atom. The van der Waals surface area contributed by atoms with Crippen molar-refractivity contribution in [1.29, 1.82) is 0 Å². The maximum Gasteiger partial charge on any atom is 0.245 e. The van der Waals surface area contributed by atoms with E-state index in [0.717, 1.165) is 48.5 Å². The summed E-state index contributed by atoms with van der Waals surface area (Å²) in [6, 6.07) is 14.5. The molecule has 3 amide bonds. The molecule has 45 heavy (non-hydrogen) atoms. The predicted molar refractivity (Wildman–Crippen MR) is 182 cm³/mol. The van der Waals surface area contributed by atoms with Crippen LogP contribution in [0.5, 0.6) is 0 Å². The Kier molecular flexibility index (Phi) is 11.8.